The largest absolute Gasteiger partial charge is 0.334 e. The van der Waals surface area contributed by atoms with Crippen LogP contribution in [0.4, 0.5) is 22.7 Å². The van der Waals surface area contributed by atoms with E-state index in [1.165, 1.54) is 39.6 Å². The van der Waals surface area contributed by atoms with E-state index in [0.717, 1.165) is 19.3 Å². The molecule has 0 aliphatic heterocycles. The Morgan fingerprint density at radius 1 is 0.526 bits per heavy atom. The zero-order chi connectivity index (χ0) is 25.6. The lowest BCUT2D eigenvalue weighted by atomic mass is 10.0. The first-order valence-corrected chi connectivity index (χ1v) is 13.5. The van der Waals surface area contributed by atoms with Crippen molar-refractivity contribution in [2.75, 3.05) is 9.80 Å². The Morgan fingerprint density at radius 2 is 1.11 bits per heavy atom. The quantitative estimate of drug-likeness (QED) is 0.253. The molecule has 4 aromatic carbocycles. The summed E-state index contributed by atoms with van der Waals surface area (Å²) in [5.74, 6) is 0. The molecule has 2 aliphatic rings. The summed E-state index contributed by atoms with van der Waals surface area (Å²) >= 11 is 0. The van der Waals surface area contributed by atoms with Crippen molar-refractivity contribution in [3.05, 3.63) is 157 Å². The molecule has 0 bridgehead atoms. The van der Waals surface area contributed by atoms with Gasteiger partial charge in [-0.25, -0.2) is 0 Å². The zero-order valence-electron chi connectivity index (χ0n) is 21.5. The van der Waals surface area contributed by atoms with Crippen LogP contribution < -0.4 is 9.80 Å². The van der Waals surface area contributed by atoms with Crippen LogP contribution in [0.5, 0.6) is 0 Å². The van der Waals surface area contributed by atoms with Crippen LogP contribution in [-0.2, 0) is 0 Å². The van der Waals surface area contributed by atoms with Crippen LogP contribution in [0, 0.1) is 0 Å². The van der Waals surface area contributed by atoms with Gasteiger partial charge in [0, 0.05) is 28.4 Å². The molecule has 1 unspecified atom stereocenters. The molecule has 0 amide bonds. The number of benzene rings is 4. The molecule has 2 aliphatic carbocycles. The smallest absolute Gasteiger partial charge is 0.0559 e. The number of rotatable bonds is 7. The van der Waals surface area contributed by atoms with Crippen LogP contribution in [-0.4, -0.2) is 6.04 Å². The van der Waals surface area contributed by atoms with E-state index in [9.17, 15) is 0 Å². The van der Waals surface area contributed by atoms with Gasteiger partial charge in [-0.1, -0.05) is 97.1 Å². The average Bonchev–Trinajstić information content (AvgIpc) is 3.00. The lowest BCUT2D eigenvalue weighted by Gasteiger charge is -2.32. The minimum absolute atomic E-state index is 0.305. The Balaban J connectivity index is 1.28. The fourth-order valence-electron chi connectivity index (χ4n) is 5.29. The fraction of sp³-hybridized carbons (Fsp3) is 0.111. The van der Waals surface area contributed by atoms with Gasteiger partial charge in [0.25, 0.3) is 0 Å². The molecule has 38 heavy (non-hydrogen) atoms. The summed E-state index contributed by atoms with van der Waals surface area (Å²) in [6.45, 7) is 0. The molecule has 186 valence electrons. The summed E-state index contributed by atoms with van der Waals surface area (Å²) in [5.41, 5.74) is 8.42. The van der Waals surface area contributed by atoms with Gasteiger partial charge < -0.3 is 9.80 Å². The Labute approximate surface area is 226 Å². The minimum Gasteiger partial charge on any atom is -0.334 e. The van der Waals surface area contributed by atoms with Crippen LogP contribution >= 0.6 is 0 Å². The van der Waals surface area contributed by atoms with Crippen molar-refractivity contribution in [2.45, 2.75) is 25.3 Å². The first kappa shape index (κ1) is 23.8. The first-order chi connectivity index (χ1) is 18.9. The second kappa shape index (κ2) is 11.2. The van der Waals surface area contributed by atoms with Crippen LogP contribution in [0.25, 0.3) is 11.1 Å². The third kappa shape index (κ3) is 5.12. The molecule has 2 nitrogen and oxygen atoms in total. The lowest BCUT2D eigenvalue weighted by molar-refractivity contribution is 0.785. The Hall–Kier alpha value is -4.56. The number of hydrogen-bond acceptors (Lipinski definition) is 2. The van der Waals surface area contributed by atoms with Crippen LogP contribution in [0.15, 0.2) is 157 Å². The standard InChI is InChI=1S/C36H32N2/c1-5-13-31(14-6-1)37(32-15-7-2-8-16-32)35-25-21-29(22-26-35)30-23-27-36(28-24-30)38(33-17-9-3-10-18-33)34-19-11-4-12-20-34/h1-3,5-11,13-15,17-28,32H,4,12,16H2. The van der Waals surface area contributed by atoms with Gasteiger partial charge in [-0.2, -0.15) is 0 Å². The van der Waals surface area contributed by atoms with E-state index >= 15 is 0 Å². The maximum atomic E-state index is 2.43. The molecule has 0 saturated heterocycles. The molecular formula is C36H32N2. The third-order valence-electron chi connectivity index (χ3n) is 7.18. The number of para-hydroxylation sites is 2. The van der Waals surface area contributed by atoms with Crippen LogP contribution in [0.2, 0.25) is 0 Å². The maximum absolute atomic E-state index is 2.43. The first-order valence-electron chi connectivity index (χ1n) is 13.5. The van der Waals surface area contributed by atoms with Crippen molar-refractivity contribution in [1.29, 1.82) is 0 Å². The minimum atomic E-state index is 0.305. The highest BCUT2D eigenvalue weighted by molar-refractivity contribution is 5.75. The van der Waals surface area contributed by atoms with Crippen molar-refractivity contribution in [3.8, 4) is 11.1 Å². The summed E-state index contributed by atoms with van der Waals surface area (Å²) < 4.78 is 0. The van der Waals surface area contributed by atoms with Gasteiger partial charge in [0.2, 0.25) is 0 Å². The normalized spacial score (nSPS) is 16.2. The molecule has 0 fully saturated rings. The molecule has 0 radical (unpaired) electrons. The highest BCUT2D eigenvalue weighted by atomic mass is 15.2. The van der Waals surface area contributed by atoms with Gasteiger partial charge in [0.05, 0.1) is 6.04 Å². The molecule has 0 aromatic heterocycles. The molecule has 2 heteroatoms. The highest BCUT2D eigenvalue weighted by Gasteiger charge is 2.19. The van der Waals surface area contributed by atoms with E-state index < -0.39 is 0 Å². The van der Waals surface area contributed by atoms with Gasteiger partial charge >= 0.3 is 0 Å². The van der Waals surface area contributed by atoms with E-state index in [0.29, 0.717) is 6.04 Å². The number of anilines is 4. The van der Waals surface area contributed by atoms with Gasteiger partial charge in [-0.15, -0.1) is 0 Å². The molecule has 4 aromatic rings. The summed E-state index contributed by atoms with van der Waals surface area (Å²) in [5, 5.41) is 0. The van der Waals surface area contributed by atoms with Crippen LogP contribution in [0.1, 0.15) is 19.3 Å². The van der Waals surface area contributed by atoms with Crippen molar-refractivity contribution >= 4 is 22.7 Å². The molecule has 6 rings (SSSR count). The summed E-state index contributed by atoms with van der Waals surface area (Å²) in [6, 6.07) is 39.5. The van der Waals surface area contributed by atoms with Gasteiger partial charge in [0.15, 0.2) is 0 Å². The topological polar surface area (TPSA) is 6.48 Å². The number of hydrogen-bond donors (Lipinski definition) is 0. The maximum Gasteiger partial charge on any atom is 0.0559 e. The van der Waals surface area contributed by atoms with E-state index in [4.69, 9.17) is 0 Å². The van der Waals surface area contributed by atoms with Gasteiger partial charge in [-0.05, 0) is 85.0 Å². The summed E-state index contributed by atoms with van der Waals surface area (Å²) in [4.78, 5) is 4.77. The van der Waals surface area contributed by atoms with E-state index in [1.807, 2.05) is 0 Å². The Bertz CT molecular complexity index is 1460. The summed E-state index contributed by atoms with van der Waals surface area (Å²) in [6.07, 6.45) is 18.8. The Morgan fingerprint density at radius 3 is 1.68 bits per heavy atom. The molecular weight excluding hydrogens is 460 g/mol. The monoisotopic (exact) mass is 492 g/mol. The number of allylic oxidation sites excluding steroid dienone is 5. The molecule has 0 spiro atoms. The predicted octanol–water partition coefficient (Wildman–Crippen LogP) is 9.75. The molecule has 0 N–H and O–H groups in total. The van der Waals surface area contributed by atoms with E-state index in [-0.39, 0.29) is 0 Å². The SMILES string of the molecule is C1=CCC(N(c2ccccc2)c2ccc(-c3ccc(N(C4=CCCC=C4)c4ccccc4)cc3)cc2)C=C1. The average molecular weight is 493 g/mol. The third-order valence-corrected chi connectivity index (χ3v) is 7.18. The second-order valence-corrected chi connectivity index (χ2v) is 9.70. The van der Waals surface area contributed by atoms with Gasteiger partial charge in [-0.3, -0.25) is 0 Å². The predicted molar refractivity (Wildman–Crippen MR) is 162 cm³/mol. The van der Waals surface area contributed by atoms with E-state index in [2.05, 4.69) is 162 Å². The molecule has 0 saturated carbocycles. The zero-order valence-corrected chi connectivity index (χ0v) is 21.5. The molecule has 0 heterocycles. The fourth-order valence-corrected chi connectivity index (χ4v) is 5.29. The Kier molecular flexibility index (Phi) is 7.04. The van der Waals surface area contributed by atoms with Crippen molar-refractivity contribution in [1.82, 2.24) is 0 Å². The molecule has 1 atom stereocenters. The van der Waals surface area contributed by atoms with Crippen molar-refractivity contribution in [2.24, 2.45) is 0 Å². The van der Waals surface area contributed by atoms with Crippen molar-refractivity contribution < 1.29 is 0 Å². The van der Waals surface area contributed by atoms with E-state index in [1.54, 1.807) is 0 Å². The highest BCUT2D eigenvalue weighted by Crippen LogP contribution is 2.35. The lowest BCUT2D eigenvalue weighted by Crippen LogP contribution is -2.29. The van der Waals surface area contributed by atoms with Crippen LogP contribution in [0.3, 0.4) is 0 Å². The summed E-state index contributed by atoms with van der Waals surface area (Å²) in [7, 11) is 0. The number of nitrogens with zero attached hydrogens (tertiary/aromatic N) is 2. The van der Waals surface area contributed by atoms with Gasteiger partial charge in [0.1, 0.15) is 0 Å². The second-order valence-electron chi connectivity index (χ2n) is 9.70. The van der Waals surface area contributed by atoms with Crippen molar-refractivity contribution in [3.63, 3.8) is 0 Å².